The van der Waals surface area contributed by atoms with E-state index in [2.05, 4.69) is 35.8 Å². The number of hydrazone groups is 1. The topological polar surface area (TPSA) is 137 Å². The van der Waals surface area contributed by atoms with Crippen LogP contribution in [0.3, 0.4) is 0 Å². The van der Waals surface area contributed by atoms with Gasteiger partial charge in [-0.3, -0.25) is 4.79 Å². The summed E-state index contributed by atoms with van der Waals surface area (Å²) in [7, 11) is 0. The van der Waals surface area contributed by atoms with Crippen molar-refractivity contribution in [1.82, 2.24) is 30.7 Å². The second-order valence-electron chi connectivity index (χ2n) is 6.29. The molecule has 2 heterocycles. The number of anilines is 1. The second-order valence-corrected chi connectivity index (χ2v) is 6.29. The third-order valence-electron chi connectivity index (χ3n) is 4.13. The number of nitrogen functional groups attached to an aromatic ring is 1. The van der Waals surface area contributed by atoms with E-state index in [1.54, 1.807) is 18.2 Å². The van der Waals surface area contributed by atoms with E-state index in [1.807, 2.05) is 19.1 Å². The molecule has 150 valence electrons. The first-order valence-corrected chi connectivity index (χ1v) is 8.73. The number of nitrogens with zero attached hydrogens (tertiary/aromatic N) is 6. The molecule has 0 unspecified atom stereocenters. The zero-order valence-corrected chi connectivity index (χ0v) is 15.7. The molecule has 0 bridgehead atoms. The van der Waals surface area contributed by atoms with Crippen LogP contribution in [0.1, 0.15) is 21.6 Å². The normalized spacial score (nSPS) is 11.1. The molecule has 30 heavy (non-hydrogen) atoms. The lowest BCUT2D eigenvalue weighted by Gasteiger charge is -2.06. The van der Waals surface area contributed by atoms with Crippen LogP contribution in [0.25, 0.3) is 17.1 Å². The molecule has 0 aliphatic carbocycles. The first-order valence-electron chi connectivity index (χ1n) is 8.73. The Morgan fingerprint density at radius 3 is 2.73 bits per heavy atom. The average molecular weight is 406 g/mol. The maximum Gasteiger partial charge on any atom is 0.294 e. The van der Waals surface area contributed by atoms with E-state index in [1.165, 1.54) is 29.1 Å². The van der Waals surface area contributed by atoms with Crippen molar-refractivity contribution < 1.29 is 13.8 Å². The molecule has 1 amide bonds. The largest absolute Gasteiger partial charge is 0.378 e. The summed E-state index contributed by atoms with van der Waals surface area (Å²) < 4.78 is 19.2. The van der Waals surface area contributed by atoms with Gasteiger partial charge in [0.2, 0.25) is 11.6 Å². The number of aromatic nitrogens is 5. The van der Waals surface area contributed by atoms with E-state index >= 15 is 0 Å². The molecule has 4 aromatic rings. The standard InChI is InChI=1S/C19H15FN8O2/c1-11-5-7-13(8-6-11)16-15(23-27-28(16)18-17(21)25-30-26-18)19(29)24-22-10-12-3-2-4-14(20)9-12/h2-10H,1H3,(H2,21,25)(H,24,29)/b22-10+. The lowest BCUT2D eigenvalue weighted by Crippen LogP contribution is -2.19. The van der Waals surface area contributed by atoms with Crippen molar-refractivity contribution in [1.29, 1.82) is 0 Å². The number of carbonyl (C=O) groups is 1. The minimum atomic E-state index is -0.625. The van der Waals surface area contributed by atoms with Gasteiger partial charge >= 0.3 is 0 Å². The van der Waals surface area contributed by atoms with Gasteiger partial charge in [-0.1, -0.05) is 47.2 Å². The van der Waals surface area contributed by atoms with Crippen molar-refractivity contribution in [3.63, 3.8) is 0 Å². The Balaban J connectivity index is 1.69. The van der Waals surface area contributed by atoms with Crippen LogP contribution < -0.4 is 11.2 Å². The van der Waals surface area contributed by atoms with Gasteiger partial charge in [0.1, 0.15) is 11.5 Å². The Morgan fingerprint density at radius 1 is 1.23 bits per heavy atom. The Morgan fingerprint density at radius 2 is 2.03 bits per heavy atom. The zero-order chi connectivity index (χ0) is 21.1. The molecule has 2 aromatic carbocycles. The van der Waals surface area contributed by atoms with Gasteiger partial charge in [0, 0.05) is 5.56 Å². The summed E-state index contributed by atoms with van der Waals surface area (Å²) in [5.41, 5.74) is 10.6. The van der Waals surface area contributed by atoms with Crippen LogP contribution in [-0.2, 0) is 0 Å². The van der Waals surface area contributed by atoms with Gasteiger partial charge in [0.05, 0.1) is 6.21 Å². The number of carbonyl (C=O) groups excluding carboxylic acids is 1. The van der Waals surface area contributed by atoms with E-state index in [9.17, 15) is 9.18 Å². The summed E-state index contributed by atoms with van der Waals surface area (Å²) >= 11 is 0. The Bertz CT molecular complexity index is 1230. The number of halogens is 1. The minimum absolute atomic E-state index is 0.00987. The van der Waals surface area contributed by atoms with E-state index in [0.717, 1.165) is 5.56 Å². The van der Waals surface area contributed by atoms with Gasteiger partial charge in [-0.2, -0.15) is 9.78 Å². The molecule has 0 aliphatic rings. The number of amides is 1. The highest BCUT2D eigenvalue weighted by Gasteiger charge is 2.25. The number of hydrogen-bond acceptors (Lipinski definition) is 8. The number of hydrogen-bond donors (Lipinski definition) is 2. The van der Waals surface area contributed by atoms with E-state index in [0.29, 0.717) is 16.8 Å². The lowest BCUT2D eigenvalue weighted by molar-refractivity contribution is 0.0950. The summed E-state index contributed by atoms with van der Waals surface area (Å²) in [5, 5.41) is 19.1. The summed E-state index contributed by atoms with van der Waals surface area (Å²) in [4.78, 5) is 12.7. The molecule has 4 rings (SSSR count). The van der Waals surface area contributed by atoms with Crippen LogP contribution in [0, 0.1) is 12.7 Å². The number of rotatable bonds is 5. The molecule has 2 aromatic heterocycles. The Labute approximate surface area is 169 Å². The SMILES string of the molecule is Cc1ccc(-c2c(C(=O)N/N=C/c3cccc(F)c3)nnn2-c2nonc2N)cc1. The number of nitrogens with two attached hydrogens (primary N) is 1. The highest BCUT2D eigenvalue weighted by Crippen LogP contribution is 2.26. The Hall–Kier alpha value is -4.41. The summed E-state index contributed by atoms with van der Waals surface area (Å²) in [6.07, 6.45) is 1.32. The van der Waals surface area contributed by atoms with Gasteiger partial charge in [-0.25, -0.2) is 14.4 Å². The fourth-order valence-corrected chi connectivity index (χ4v) is 2.70. The first-order chi connectivity index (χ1) is 14.5. The third kappa shape index (κ3) is 3.76. The van der Waals surface area contributed by atoms with Crippen LogP contribution in [0.15, 0.2) is 58.3 Å². The highest BCUT2D eigenvalue weighted by molar-refractivity contribution is 5.98. The maximum atomic E-state index is 13.3. The van der Waals surface area contributed by atoms with Crippen molar-refractivity contribution in [3.05, 3.63) is 71.2 Å². The van der Waals surface area contributed by atoms with Crippen LogP contribution in [-0.4, -0.2) is 37.4 Å². The molecule has 10 nitrogen and oxygen atoms in total. The minimum Gasteiger partial charge on any atom is -0.378 e. The molecule has 0 spiro atoms. The molecule has 0 radical (unpaired) electrons. The third-order valence-corrected chi connectivity index (χ3v) is 4.13. The predicted molar refractivity (Wildman–Crippen MR) is 105 cm³/mol. The zero-order valence-electron chi connectivity index (χ0n) is 15.7. The number of aryl methyl sites for hydroxylation is 1. The highest BCUT2D eigenvalue weighted by atomic mass is 19.1. The first kappa shape index (κ1) is 18.9. The van der Waals surface area contributed by atoms with Crippen LogP contribution >= 0.6 is 0 Å². The molecule has 0 saturated heterocycles. The average Bonchev–Trinajstić information content (AvgIpc) is 3.34. The van der Waals surface area contributed by atoms with E-state index in [4.69, 9.17) is 5.73 Å². The number of benzene rings is 2. The summed E-state index contributed by atoms with van der Waals surface area (Å²) in [6, 6.07) is 13.1. The van der Waals surface area contributed by atoms with Crippen molar-refractivity contribution in [2.24, 2.45) is 5.10 Å². The summed E-state index contributed by atoms with van der Waals surface area (Å²) in [5.74, 6) is -0.946. The molecular formula is C19H15FN8O2. The number of nitrogens with one attached hydrogen (secondary N) is 1. The van der Waals surface area contributed by atoms with Crippen LogP contribution in [0.5, 0.6) is 0 Å². The van der Waals surface area contributed by atoms with Crippen molar-refractivity contribution >= 4 is 17.9 Å². The molecule has 3 N–H and O–H groups in total. The molecule has 11 heteroatoms. The van der Waals surface area contributed by atoms with Gasteiger partial charge in [-0.15, -0.1) is 5.10 Å². The smallest absolute Gasteiger partial charge is 0.294 e. The fourth-order valence-electron chi connectivity index (χ4n) is 2.70. The second kappa shape index (κ2) is 7.91. The maximum absolute atomic E-state index is 13.3. The molecule has 0 fully saturated rings. The predicted octanol–water partition coefficient (Wildman–Crippen LogP) is 2.11. The monoisotopic (exact) mass is 406 g/mol. The molecular weight excluding hydrogens is 391 g/mol. The van der Waals surface area contributed by atoms with Crippen LogP contribution in [0.4, 0.5) is 10.2 Å². The lowest BCUT2D eigenvalue weighted by atomic mass is 10.1. The van der Waals surface area contributed by atoms with Gasteiger partial charge < -0.3 is 5.73 Å². The van der Waals surface area contributed by atoms with Crippen molar-refractivity contribution in [2.75, 3.05) is 5.73 Å². The fraction of sp³-hybridized carbons (Fsp3) is 0.0526. The molecule has 0 aliphatic heterocycles. The molecule has 0 atom stereocenters. The van der Waals surface area contributed by atoms with Gasteiger partial charge in [-0.05, 0) is 34.9 Å². The molecule has 0 saturated carbocycles. The quantitative estimate of drug-likeness (QED) is 0.382. The van der Waals surface area contributed by atoms with Gasteiger partial charge in [0.25, 0.3) is 5.91 Å². The van der Waals surface area contributed by atoms with E-state index in [-0.39, 0.29) is 17.3 Å². The van der Waals surface area contributed by atoms with Crippen LogP contribution in [0.2, 0.25) is 0 Å². The summed E-state index contributed by atoms with van der Waals surface area (Å²) in [6.45, 7) is 1.94. The van der Waals surface area contributed by atoms with Crippen molar-refractivity contribution in [3.8, 4) is 17.1 Å². The Kier molecular flexibility index (Phi) is 4.99. The van der Waals surface area contributed by atoms with E-state index < -0.39 is 11.7 Å². The van der Waals surface area contributed by atoms with Crippen molar-refractivity contribution in [2.45, 2.75) is 6.92 Å². The van der Waals surface area contributed by atoms with Gasteiger partial charge in [0.15, 0.2) is 5.69 Å².